The van der Waals surface area contributed by atoms with Crippen molar-refractivity contribution in [1.29, 1.82) is 0 Å². The van der Waals surface area contributed by atoms with Crippen LogP contribution in [0.25, 0.3) is 22.3 Å². The van der Waals surface area contributed by atoms with Crippen LogP contribution in [0, 0.1) is 0 Å². The molecule has 8 N–H and O–H groups in total. The van der Waals surface area contributed by atoms with Crippen molar-refractivity contribution in [2.45, 2.75) is 62.2 Å². The summed E-state index contributed by atoms with van der Waals surface area (Å²) in [4.78, 5) is 12.7. The van der Waals surface area contributed by atoms with Gasteiger partial charge in [0.1, 0.15) is 64.9 Å². The largest absolute Gasteiger partial charge is 0.507 e. The summed E-state index contributed by atoms with van der Waals surface area (Å²) in [6.07, 6.45) is -12.9. The van der Waals surface area contributed by atoms with Crippen molar-refractivity contribution < 1.29 is 64.2 Å². The lowest BCUT2D eigenvalue weighted by atomic mass is 9.99. The van der Waals surface area contributed by atoms with Gasteiger partial charge in [-0.2, -0.15) is 0 Å². The average Bonchev–Trinajstić information content (AvgIpc) is 2.90. The minimum Gasteiger partial charge on any atom is -0.507 e. The Bertz CT molecular complexity index is 1440. The zero-order valence-corrected chi connectivity index (χ0v) is 20.9. The number of hydrogen-bond donors (Lipinski definition) is 8. The molecule has 2 fully saturated rings. The summed E-state index contributed by atoms with van der Waals surface area (Å²) in [5, 5.41) is 80.7. The molecule has 0 aliphatic carbocycles. The number of rotatable bonds is 5. The number of ether oxygens (including phenoxy) is 4. The second kappa shape index (κ2) is 10.8. The minimum atomic E-state index is -1.70. The number of hydrogen-bond acceptors (Lipinski definition) is 14. The van der Waals surface area contributed by atoms with Crippen LogP contribution in [-0.4, -0.2) is 103 Å². The first-order valence-electron chi connectivity index (χ1n) is 12.3. The van der Waals surface area contributed by atoms with Crippen molar-refractivity contribution in [2.75, 3.05) is 6.61 Å². The molecule has 2 saturated heterocycles. The molecule has 14 nitrogen and oxygen atoms in total. The highest BCUT2D eigenvalue weighted by atomic mass is 16.7. The molecule has 3 aromatic rings. The van der Waals surface area contributed by atoms with Gasteiger partial charge in [-0.15, -0.1) is 0 Å². The third-order valence-electron chi connectivity index (χ3n) is 6.82. The van der Waals surface area contributed by atoms with Crippen molar-refractivity contribution in [3.63, 3.8) is 0 Å². The summed E-state index contributed by atoms with van der Waals surface area (Å²) < 4.78 is 27.8. The van der Waals surface area contributed by atoms with Crippen molar-refractivity contribution in [3.8, 4) is 34.3 Å². The summed E-state index contributed by atoms with van der Waals surface area (Å²) in [6.45, 7) is 1.17. The molecule has 14 heteroatoms. The Balaban J connectivity index is 1.36. The highest BCUT2D eigenvalue weighted by molar-refractivity contribution is 5.86. The van der Waals surface area contributed by atoms with E-state index in [-0.39, 0.29) is 40.4 Å². The van der Waals surface area contributed by atoms with Gasteiger partial charge in [-0.05, 0) is 25.1 Å². The number of aliphatic hydroxyl groups is 5. The van der Waals surface area contributed by atoms with Gasteiger partial charge in [-0.25, -0.2) is 0 Å². The van der Waals surface area contributed by atoms with Gasteiger partial charge in [0.15, 0.2) is 23.2 Å². The maximum atomic E-state index is 12.7. The van der Waals surface area contributed by atoms with Gasteiger partial charge in [0, 0.05) is 23.8 Å². The van der Waals surface area contributed by atoms with E-state index in [9.17, 15) is 45.6 Å². The Morgan fingerprint density at radius 2 is 1.55 bits per heavy atom. The van der Waals surface area contributed by atoms with Gasteiger partial charge >= 0.3 is 0 Å². The summed E-state index contributed by atoms with van der Waals surface area (Å²) in [5.41, 5.74) is -0.437. The molecule has 1 aromatic heterocycles. The van der Waals surface area contributed by atoms with Crippen LogP contribution in [-0.2, 0) is 14.2 Å². The Morgan fingerprint density at radius 3 is 2.27 bits per heavy atom. The van der Waals surface area contributed by atoms with Crippen molar-refractivity contribution >= 4 is 11.0 Å². The first-order valence-corrected chi connectivity index (χ1v) is 12.3. The fourth-order valence-electron chi connectivity index (χ4n) is 4.61. The summed E-state index contributed by atoms with van der Waals surface area (Å²) >= 11 is 0. The van der Waals surface area contributed by atoms with Gasteiger partial charge in [0.05, 0.1) is 12.7 Å². The van der Waals surface area contributed by atoms with Gasteiger partial charge in [-0.1, -0.05) is 0 Å². The van der Waals surface area contributed by atoms with E-state index in [0.717, 1.165) is 12.1 Å². The van der Waals surface area contributed by atoms with Crippen LogP contribution in [0.1, 0.15) is 6.92 Å². The van der Waals surface area contributed by atoms with Crippen LogP contribution in [0.3, 0.4) is 0 Å². The number of fused-ring (bicyclic) bond motifs is 1. The number of aromatic hydroxyl groups is 3. The Morgan fingerprint density at radius 1 is 0.825 bits per heavy atom. The van der Waals surface area contributed by atoms with Crippen molar-refractivity contribution in [1.82, 2.24) is 0 Å². The monoisotopic (exact) mass is 564 g/mol. The first kappa shape index (κ1) is 28.1. The van der Waals surface area contributed by atoms with Gasteiger partial charge in [0.25, 0.3) is 0 Å². The predicted octanol–water partition coefficient (Wildman–Crippen LogP) is -0.754. The number of phenols is 3. The fraction of sp³-hybridized carbons (Fsp3) is 0.423. The summed E-state index contributed by atoms with van der Waals surface area (Å²) in [5.74, 6) is -1.37. The van der Waals surface area contributed by atoms with Gasteiger partial charge in [-0.3, -0.25) is 4.79 Å². The normalized spacial score (nSPS) is 32.7. The van der Waals surface area contributed by atoms with E-state index in [4.69, 9.17) is 23.4 Å². The Labute approximate surface area is 225 Å². The quantitative estimate of drug-likeness (QED) is 0.178. The maximum Gasteiger partial charge on any atom is 0.229 e. The highest BCUT2D eigenvalue weighted by Crippen LogP contribution is 2.35. The second-order valence-electron chi connectivity index (χ2n) is 9.65. The van der Waals surface area contributed by atoms with E-state index in [0.29, 0.717) is 0 Å². The van der Waals surface area contributed by atoms with E-state index in [1.54, 1.807) is 0 Å². The molecule has 3 heterocycles. The minimum absolute atomic E-state index is 0.0205. The van der Waals surface area contributed by atoms with E-state index < -0.39 is 72.2 Å². The molecule has 216 valence electrons. The number of aliphatic hydroxyl groups excluding tert-OH is 5. The molecule has 9 atom stereocenters. The summed E-state index contributed by atoms with van der Waals surface area (Å²) in [6, 6.07) is 7.27. The molecule has 5 rings (SSSR count). The highest BCUT2D eigenvalue weighted by Gasteiger charge is 2.48. The van der Waals surface area contributed by atoms with Gasteiger partial charge < -0.3 is 64.2 Å². The molecule has 2 aliphatic heterocycles. The standard InChI is InChI=1S/C26H28O14/c1-9-24(40-25-22(34)20(32)16(31)8-36-25)21(33)23(35)26(37-9)38-11-5-14(29)19-15(30)7-17(39-18(19)6-11)10-2-3-12(27)13(28)4-10/h2-7,9,16,20-29,31-35H,8H2,1H3/t9-,16+,20-,21-,22+,23+,24-,25+,26-/m0/s1. The second-order valence-corrected chi connectivity index (χ2v) is 9.65. The Kier molecular flexibility index (Phi) is 7.60. The fourth-order valence-corrected chi connectivity index (χ4v) is 4.61. The van der Waals surface area contributed by atoms with Crippen LogP contribution >= 0.6 is 0 Å². The molecule has 0 radical (unpaired) electrons. The van der Waals surface area contributed by atoms with Crippen LogP contribution in [0.15, 0.2) is 45.6 Å². The van der Waals surface area contributed by atoms with Crippen LogP contribution in [0.5, 0.6) is 23.0 Å². The molecular formula is C26H28O14. The van der Waals surface area contributed by atoms with Crippen LogP contribution in [0.2, 0.25) is 0 Å². The van der Waals surface area contributed by atoms with Crippen LogP contribution in [0.4, 0.5) is 0 Å². The zero-order valence-electron chi connectivity index (χ0n) is 20.9. The molecule has 0 bridgehead atoms. The van der Waals surface area contributed by atoms with E-state index >= 15 is 0 Å². The summed E-state index contributed by atoms with van der Waals surface area (Å²) in [7, 11) is 0. The van der Waals surface area contributed by atoms with E-state index in [1.807, 2.05) is 0 Å². The molecule has 40 heavy (non-hydrogen) atoms. The first-order chi connectivity index (χ1) is 18.9. The van der Waals surface area contributed by atoms with Crippen LogP contribution < -0.4 is 10.2 Å². The molecule has 0 spiro atoms. The molecule has 2 aliphatic rings. The van der Waals surface area contributed by atoms with Crippen molar-refractivity contribution in [2.24, 2.45) is 0 Å². The third kappa shape index (κ3) is 5.18. The predicted molar refractivity (Wildman–Crippen MR) is 133 cm³/mol. The average molecular weight is 564 g/mol. The lowest BCUT2D eigenvalue weighted by molar-refractivity contribution is -0.334. The lowest BCUT2D eigenvalue weighted by Crippen LogP contribution is -2.62. The Hall–Kier alpha value is -3.47. The molecule has 0 amide bonds. The topological polar surface area (TPSA) is 229 Å². The molecule has 2 aromatic carbocycles. The van der Waals surface area contributed by atoms with E-state index in [2.05, 4.69) is 0 Å². The molecule has 0 saturated carbocycles. The third-order valence-corrected chi connectivity index (χ3v) is 6.82. The number of phenolic OH excluding ortho intramolecular Hbond substituents is 3. The smallest absolute Gasteiger partial charge is 0.229 e. The maximum absolute atomic E-state index is 12.7. The zero-order chi connectivity index (χ0) is 28.9. The van der Waals surface area contributed by atoms with Gasteiger partial charge in [0.2, 0.25) is 6.29 Å². The molecule has 0 unspecified atom stereocenters. The number of benzene rings is 2. The van der Waals surface area contributed by atoms with E-state index in [1.165, 1.54) is 31.2 Å². The lowest BCUT2D eigenvalue weighted by Gasteiger charge is -2.44. The SMILES string of the molecule is C[C@@H]1O[C@@H](Oc2cc(O)c3c(=O)cc(-c4ccc(O)c(O)c4)oc3c2)[C@H](O)[C@H](O)[C@H]1O[C@H]1OC[C@@H](O)[C@H](O)[C@H]1O. The molecular weight excluding hydrogens is 536 g/mol. The van der Waals surface area contributed by atoms with Crippen molar-refractivity contribution in [3.05, 3.63) is 46.6 Å².